The van der Waals surface area contributed by atoms with Gasteiger partial charge in [0.2, 0.25) is 0 Å². The molecule has 2 rings (SSSR count). The Hall–Kier alpha value is -1.74. The zero-order valence-electron chi connectivity index (χ0n) is 10.3. The molecule has 8 nitrogen and oxygen atoms in total. The number of hydrogen-bond donors (Lipinski definition) is 1. The fourth-order valence-corrected chi connectivity index (χ4v) is 2.38. The average Bonchev–Trinajstić information content (AvgIpc) is 2.83. The number of nitrogens with two attached hydrogens (primary N) is 1. The minimum atomic E-state index is -3.88. The Morgan fingerprint density at radius 2 is 2.06 bits per heavy atom. The molecule has 0 aliphatic heterocycles. The van der Waals surface area contributed by atoms with Crippen molar-refractivity contribution in [1.82, 2.24) is 24.5 Å². The van der Waals surface area contributed by atoms with Crippen LogP contribution >= 0.6 is 0 Å². The van der Waals surface area contributed by atoms with E-state index < -0.39 is 10.0 Å². The first-order chi connectivity index (χ1) is 8.36. The number of aryl methyl sites for hydroxylation is 1. The van der Waals surface area contributed by atoms with Gasteiger partial charge in [0.05, 0.1) is 11.8 Å². The molecular formula is C9H14N6O2S. The van der Waals surface area contributed by atoms with Crippen LogP contribution in [0.4, 0.5) is 0 Å². The third-order valence-corrected chi connectivity index (χ3v) is 3.57. The molecule has 2 heterocycles. The summed E-state index contributed by atoms with van der Waals surface area (Å²) in [4.78, 5) is 0. The van der Waals surface area contributed by atoms with Crippen LogP contribution in [0.15, 0.2) is 11.4 Å². The SMILES string of the molecule is CCn1c(-c2cnn(C)c2C)nnc1S(N)(=O)=O. The lowest BCUT2D eigenvalue weighted by Gasteiger charge is -2.05. The molecule has 98 valence electrons. The fourth-order valence-electron chi connectivity index (χ4n) is 1.70. The van der Waals surface area contributed by atoms with Crippen LogP contribution in [0.25, 0.3) is 11.4 Å². The van der Waals surface area contributed by atoms with Crippen LogP contribution in [0.1, 0.15) is 12.6 Å². The second-order valence-electron chi connectivity index (χ2n) is 3.86. The topological polar surface area (TPSA) is 109 Å². The van der Waals surface area contributed by atoms with E-state index in [1.807, 2.05) is 6.92 Å². The highest BCUT2D eigenvalue weighted by atomic mass is 32.2. The van der Waals surface area contributed by atoms with Crippen LogP contribution in [0, 0.1) is 6.92 Å². The minimum Gasteiger partial charge on any atom is -0.297 e. The van der Waals surface area contributed by atoms with Gasteiger partial charge < -0.3 is 0 Å². The van der Waals surface area contributed by atoms with Crippen molar-refractivity contribution in [2.24, 2.45) is 12.2 Å². The maximum absolute atomic E-state index is 11.4. The largest absolute Gasteiger partial charge is 0.297 e. The van der Waals surface area contributed by atoms with E-state index in [-0.39, 0.29) is 5.16 Å². The number of aromatic nitrogens is 5. The lowest BCUT2D eigenvalue weighted by Crippen LogP contribution is -2.18. The Bertz CT molecular complexity index is 684. The van der Waals surface area contributed by atoms with Gasteiger partial charge in [-0.15, -0.1) is 10.2 Å². The highest BCUT2D eigenvalue weighted by Gasteiger charge is 2.22. The van der Waals surface area contributed by atoms with Crippen molar-refractivity contribution in [2.75, 3.05) is 0 Å². The van der Waals surface area contributed by atoms with Crippen molar-refractivity contribution in [3.63, 3.8) is 0 Å². The quantitative estimate of drug-likeness (QED) is 0.820. The van der Waals surface area contributed by atoms with Gasteiger partial charge in [0.25, 0.3) is 15.2 Å². The summed E-state index contributed by atoms with van der Waals surface area (Å²) in [5.41, 5.74) is 1.61. The van der Waals surface area contributed by atoms with Crippen LogP contribution in [-0.4, -0.2) is 33.0 Å². The Kier molecular flexibility index (Phi) is 2.95. The van der Waals surface area contributed by atoms with Gasteiger partial charge in [-0.05, 0) is 13.8 Å². The van der Waals surface area contributed by atoms with E-state index in [9.17, 15) is 8.42 Å². The number of hydrogen-bond acceptors (Lipinski definition) is 5. The average molecular weight is 270 g/mol. The van der Waals surface area contributed by atoms with Crippen molar-refractivity contribution in [3.8, 4) is 11.4 Å². The first-order valence-corrected chi connectivity index (χ1v) is 6.85. The summed E-state index contributed by atoms with van der Waals surface area (Å²) in [5.74, 6) is 0.451. The summed E-state index contributed by atoms with van der Waals surface area (Å²) in [6.45, 7) is 4.07. The molecule has 0 saturated heterocycles. The van der Waals surface area contributed by atoms with Gasteiger partial charge in [-0.25, -0.2) is 13.6 Å². The van der Waals surface area contributed by atoms with Crippen LogP contribution < -0.4 is 5.14 Å². The van der Waals surface area contributed by atoms with Gasteiger partial charge in [-0.3, -0.25) is 9.25 Å². The molecule has 0 saturated carbocycles. The van der Waals surface area contributed by atoms with Crippen molar-refractivity contribution in [3.05, 3.63) is 11.9 Å². The van der Waals surface area contributed by atoms with Gasteiger partial charge in [-0.1, -0.05) is 0 Å². The molecule has 2 aromatic rings. The molecule has 0 atom stereocenters. The Morgan fingerprint density at radius 3 is 2.50 bits per heavy atom. The Labute approximate surface area is 104 Å². The predicted octanol–water partition coefficient (Wildman–Crippen LogP) is -0.346. The van der Waals surface area contributed by atoms with E-state index in [1.165, 1.54) is 4.57 Å². The molecule has 18 heavy (non-hydrogen) atoms. The molecule has 0 aromatic carbocycles. The summed E-state index contributed by atoms with van der Waals surface area (Å²) in [6, 6.07) is 0. The van der Waals surface area contributed by atoms with Crippen molar-refractivity contribution in [1.29, 1.82) is 0 Å². The first-order valence-electron chi connectivity index (χ1n) is 5.31. The van der Waals surface area contributed by atoms with Crippen LogP contribution in [0.5, 0.6) is 0 Å². The van der Waals surface area contributed by atoms with Gasteiger partial charge in [0.1, 0.15) is 0 Å². The minimum absolute atomic E-state index is 0.233. The third kappa shape index (κ3) is 1.91. The molecule has 0 bridgehead atoms. The van der Waals surface area contributed by atoms with Crippen molar-refractivity contribution >= 4 is 10.0 Å². The van der Waals surface area contributed by atoms with Gasteiger partial charge in [0.15, 0.2) is 5.82 Å². The molecule has 2 N–H and O–H groups in total. The molecule has 9 heteroatoms. The number of primary sulfonamides is 1. The van der Waals surface area contributed by atoms with E-state index in [4.69, 9.17) is 5.14 Å². The number of rotatable bonds is 3. The van der Waals surface area contributed by atoms with E-state index in [0.717, 1.165) is 11.3 Å². The van der Waals surface area contributed by atoms with Crippen LogP contribution in [-0.2, 0) is 23.6 Å². The number of nitrogens with zero attached hydrogens (tertiary/aromatic N) is 5. The van der Waals surface area contributed by atoms with Crippen molar-refractivity contribution in [2.45, 2.75) is 25.5 Å². The second kappa shape index (κ2) is 4.18. The highest BCUT2D eigenvalue weighted by molar-refractivity contribution is 7.89. The van der Waals surface area contributed by atoms with Gasteiger partial charge in [-0.2, -0.15) is 5.10 Å². The third-order valence-electron chi connectivity index (χ3n) is 2.76. The second-order valence-corrected chi connectivity index (χ2v) is 5.32. The zero-order chi connectivity index (χ0) is 13.5. The van der Waals surface area contributed by atoms with Gasteiger partial charge >= 0.3 is 0 Å². The normalized spacial score (nSPS) is 12.0. The molecular weight excluding hydrogens is 256 g/mol. The van der Waals surface area contributed by atoms with E-state index >= 15 is 0 Å². The summed E-state index contributed by atoms with van der Waals surface area (Å²) < 4.78 is 25.9. The van der Waals surface area contributed by atoms with E-state index in [0.29, 0.717) is 12.4 Å². The molecule has 0 radical (unpaired) electrons. The van der Waals surface area contributed by atoms with Crippen LogP contribution in [0.3, 0.4) is 0 Å². The number of sulfonamides is 1. The molecule has 2 aromatic heterocycles. The Balaban J connectivity index is 2.67. The summed E-state index contributed by atoms with van der Waals surface area (Å²) in [5, 5.41) is 16.5. The fraction of sp³-hybridized carbons (Fsp3) is 0.444. The molecule has 0 fully saturated rings. The van der Waals surface area contributed by atoms with Gasteiger partial charge in [0, 0.05) is 19.3 Å². The molecule has 0 amide bonds. The highest BCUT2D eigenvalue weighted by Crippen LogP contribution is 2.22. The summed E-state index contributed by atoms with van der Waals surface area (Å²) >= 11 is 0. The molecule has 0 aliphatic rings. The maximum atomic E-state index is 11.4. The predicted molar refractivity (Wildman–Crippen MR) is 64.0 cm³/mol. The Morgan fingerprint density at radius 1 is 1.39 bits per heavy atom. The maximum Gasteiger partial charge on any atom is 0.273 e. The first kappa shape index (κ1) is 12.7. The molecule has 0 spiro atoms. The zero-order valence-corrected chi connectivity index (χ0v) is 11.1. The monoisotopic (exact) mass is 270 g/mol. The van der Waals surface area contributed by atoms with Crippen LogP contribution in [0.2, 0.25) is 0 Å². The lowest BCUT2D eigenvalue weighted by atomic mass is 10.2. The standard InChI is InChI=1S/C9H14N6O2S/c1-4-15-8(7-5-11-14(3)6(7)2)12-13-9(15)18(10,16)17/h5H,4H2,1-3H3,(H2,10,16,17). The van der Waals surface area contributed by atoms with E-state index in [1.54, 1.807) is 24.9 Å². The summed E-state index contributed by atoms with van der Waals surface area (Å²) in [6.07, 6.45) is 1.62. The smallest absolute Gasteiger partial charge is 0.273 e. The molecule has 0 unspecified atom stereocenters. The van der Waals surface area contributed by atoms with Crippen molar-refractivity contribution < 1.29 is 8.42 Å². The lowest BCUT2D eigenvalue weighted by molar-refractivity contribution is 0.571. The van der Waals surface area contributed by atoms with E-state index in [2.05, 4.69) is 15.3 Å². The summed E-state index contributed by atoms with van der Waals surface area (Å²) in [7, 11) is -2.08. The molecule has 0 aliphatic carbocycles.